The molecule has 0 spiro atoms. The maximum atomic E-state index is 14.4. The van der Waals surface area contributed by atoms with Crippen molar-refractivity contribution in [1.29, 1.82) is 0 Å². The zero-order valence-corrected chi connectivity index (χ0v) is 32.7. The summed E-state index contributed by atoms with van der Waals surface area (Å²) < 4.78 is 39.4. The number of rotatable bonds is 18. The van der Waals surface area contributed by atoms with Crippen molar-refractivity contribution in [3.63, 3.8) is 0 Å². The van der Waals surface area contributed by atoms with E-state index in [0.717, 1.165) is 68.1 Å². The Labute approximate surface area is 319 Å². The lowest BCUT2D eigenvalue weighted by atomic mass is 9.91. The van der Waals surface area contributed by atoms with Crippen LogP contribution in [-0.2, 0) is 20.7 Å². The van der Waals surface area contributed by atoms with Crippen LogP contribution in [0, 0.1) is 0 Å². The molecule has 0 saturated carbocycles. The molecule has 2 fully saturated rings. The molecule has 3 aromatic rings. The first-order chi connectivity index (χ1) is 26.3. The van der Waals surface area contributed by atoms with Crippen molar-refractivity contribution >= 4 is 11.8 Å². The summed E-state index contributed by atoms with van der Waals surface area (Å²) in [6, 6.07) is 16.5. The molecule has 3 aromatic carbocycles. The third kappa shape index (κ3) is 10.1. The molecule has 294 valence electrons. The largest absolute Gasteiger partial charge is 0.493 e. The number of aryl methyl sites for hydroxylation is 1. The van der Waals surface area contributed by atoms with Gasteiger partial charge in [-0.15, -0.1) is 0 Å². The minimum absolute atomic E-state index is 0.0934. The summed E-state index contributed by atoms with van der Waals surface area (Å²) in [6.45, 7) is 7.12. The van der Waals surface area contributed by atoms with E-state index in [0.29, 0.717) is 67.6 Å². The fraction of sp³-hybridized carbons (Fsp3) is 0.524. The van der Waals surface area contributed by atoms with E-state index in [2.05, 4.69) is 10.2 Å². The van der Waals surface area contributed by atoms with Gasteiger partial charge in [0.1, 0.15) is 18.4 Å². The molecule has 0 bridgehead atoms. The number of hydrogen-bond acceptors (Lipinski definition) is 10. The number of nitrogens with zero attached hydrogens (tertiary/aromatic N) is 2. The van der Waals surface area contributed by atoms with E-state index in [9.17, 15) is 9.59 Å². The van der Waals surface area contributed by atoms with E-state index in [1.54, 1.807) is 40.4 Å². The second kappa shape index (κ2) is 20.1. The highest BCUT2D eigenvalue weighted by Crippen LogP contribution is 2.41. The zero-order valence-electron chi connectivity index (χ0n) is 32.7. The molecular formula is C42H57N3O9. The maximum absolute atomic E-state index is 14.4. The molecular weight excluding hydrogens is 690 g/mol. The lowest BCUT2D eigenvalue weighted by Gasteiger charge is -2.38. The van der Waals surface area contributed by atoms with Crippen molar-refractivity contribution in [3.8, 4) is 34.5 Å². The van der Waals surface area contributed by atoms with Gasteiger partial charge >= 0.3 is 0 Å². The molecule has 5 rings (SSSR count). The molecule has 54 heavy (non-hydrogen) atoms. The monoisotopic (exact) mass is 747 g/mol. The number of ether oxygens (including phenoxy) is 7. The minimum atomic E-state index is -0.612. The molecule has 2 aliphatic rings. The number of nitrogens with one attached hydrogen (secondary N) is 1. The third-order valence-corrected chi connectivity index (χ3v) is 10.4. The number of amides is 2. The summed E-state index contributed by atoms with van der Waals surface area (Å²) >= 11 is 0. The van der Waals surface area contributed by atoms with Crippen LogP contribution in [0.15, 0.2) is 54.6 Å². The summed E-state index contributed by atoms with van der Waals surface area (Å²) in [5.41, 5.74) is 2.74. The van der Waals surface area contributed by atoms with Crippen LogP contribution in [0.4, 0.5) is 0 Å². The first-order valence-corrected chi connectivity index (χ1v) is 19.0. The van der Waals surface area contributed by atoms with Crippen LogP contribution in [0.1, 0.15) is 67.7 Å². The topological polar surface area (TPSA) is 117 Å². The number of morpholine rings is 1. The van der Waals surface area contributed by atoms with Gasteiger partial charge in [0.2, 0.25) is 17.6 Å². The quantitative estimate of drug-likeness (QED) is 0.171. The number of benzene rings is 3. The summed E-state index contributed by atoms with van der Waals surface area (Å²) in [5.74, 6) is 2.73. The Morgan fingerprint density at radius 2 is 1.54 bits per heavy atom. The summed E-state index contributed by atoms with van der Waals surface area (Å²) in [5, 5.41) is 3.37. The van der Waals surface area contributed by atoms with Crippen LogP contribution in [0.25, 0.3) is 0 Å². The number of piperidine rings is 1. The lowest BCUT2D eigenvalue weighted by molar-refractivity contribution is -0.143. The molecule has 3 atom stereocenters. The van der Waals surface area contributed by atoms with Gasteiger partial charge in [-0.05, 0) is 91.6 Å². The molecule has 0 radical (unpaired) electrons. The van der Waals surface area contributed by atoms with E-state index in [1.807, 2.05) is 61.5 Å². The smallest absolute Gasteiger partial charge is 0.243 e. The molecule has 0 aromatic heterocycles. The summed E-state index contributed by atoms with van der Waals surface area (Å²) in [4.78, 5) is 32.9. The molecule has 12 nitrogen and oxygen atoms in total. The van der Waals surface area contributed by atoms with Gasteiger partial charge in [0.05, 0.1) is 60.7 Å². The predicted molar refractivity (Wildman–Crippen MR) is 206 cm³/mol. The number of methoxy groups -OCH3 is 5. The van der Waals surface area contributed by atoms with Crippen LogP contribution >= 0.6 is 0 Å². The van der Waals surface area contributed by atoms with Crippen molar-refractivity contribution in [3.05, 3.63) is 71.3 Å². The number of carbonyl (C=O) groups is 2. The lowest BCUT2D eigenvalue weighted by Crippen LogP contribution is -2.53. The van der Waals surface area contributed by atoms with Gasteiger partial charge in [-0.25, -0.2) is 0 Å². The Morgan fingerprint density at radius 1 is 0.815 bits per heavy atom. The number of carbonyl (C=O) groups excluding carboxylic acids is 2. The fourth-order valence-electron chi connectivity index (χ4n) is 7.40. The van der Waals surface area contributed by atoms with E-state index in [-0.39, 0.29) is 17.9 Å². The number of hydrogen-bond donors (Lipinski definition) is 1. The molecule has 2 saturated heterocycles. The molecule has 0 unspecified atom stereocenters. The Morgan fingerprint density at radius 3 is 2.20 bits per heavy atom. The summed E-state index contributed by atoms with van der Waals surface area (Å²) in [7, 11) is 7.91. The van der Waals surface area contributed by atoms with Crippen molar-refractivity contribution in [2.75, 3.05) is 81.5 Å². The Bertz CT molecular complexity index is 1650. The Balaban J connectivity index is 1.37. The number of likely N-dealkylation sites (tertiary alicyclic amines) is 1. The molecule has 2 heterocycles. The van der Waals surface area contributed by atoms with E-state index < -0.39 is 12.0 Å². The second-order valence-corrected chi connectivity index (χ2v) is 13.6. The first kappa shape index (κ1) is 40.5. The van der Waals surface area contributed by atoms with E-state index in [4.69, 9.17) is 33.2 Å². The average Bonchev–Trinajstić information content (AvgIpc) is 3.22. The van der Waals surface area contributed by atoms with Gasteiger partial charge in [0.15, 0.2) is 23.0 Å². The highest BCUT2D eigenvalue weighted by atomic mass is 16.5. The molecule has 2 aliphatic heterocycles. The van der Waals surface area contributed by atoms with Crippen molar-refractivity contribution < 1.29 is 42.7 Å². The minimum Gasteiger partial charge on any atom is -0.493 e. The van der Waals surface area contributed by atoms with Gasteiger partial charge in [-0.2, -0.15) is 0 Å². The highest BCUT2D eigenvalue weighted by molar-refractivity contribution is 5.91. The molecule has 12 heteroatoms. The molecule has 2 amide bonds. The van der Waals surface area contributed by atoms with Crippen LogP contribution < -0.4 is 33.7 Å². The van der Waals surface area contributed by atoms with Crippen LogP contribution in [0.5, 0.6) is 34.5 Å². The molecule has 0 aliphatic carbocycles. The van der Waals surface area contributed by atoms with Crippen LogP contribution in [0.3, 0.4) is 0 Å². The second-order valence-electron chi connectivity index (χ2n) is 13.6. The third-order valence-electron chi connectivity index (χ3n) is 10.4. The SMILES string of the molecule is CC[C@H](C(=O)N1CCCC[C@H]1C(=O)N[C@H](CCc1ccc(OC)c(OC)c1)c1cccc(OCCN2CCOCC2)c1)c1cc(OC)c(OC)c(OC)c1. The van der Waals surface area contributed by atoms with Crippen molar-refractivity contribution in [2.24, 2.45) is 0 Å². The van der Waals surface area contributed by atoms with Gasteiger partial charge in [0, 0.05) is 26.2 Å². The zero-order chi connectivity index (χ0) is 38.5. The molecule has 1 N–H and O–H groups in total. The highest BCUT2D eigenvalue weighted by Gasteiger charge is 2.37. The predicted octanol–water partition coefficient (Wildman–Crippen LogP) is 5.81. The Hall–Kier alpha value is -4.68. The van der Waals surface area contributed by atoms with E-state index in [1.165, 1.54) is 0 Å². The van der Waals surface area contributed by atoms with Gasteiger partial charge in [-0.1, -0.05) is 25.1 Å². The van der Waals surface area contributed by atoms with Gasteiger partial charge < -0.3 is 43.4 Å². The maximum Gasteiger partial charge on any atom is 0.243 e. The van der Waals surface area contributed by atoms with Gasteiger partial charge in [0.25, 0.3) is 0 Å². The van der Waals surface area contributed by atoms with E-state index >= 15 is 0 Å². The van der Waals surface area contributed by atoms with Crippen LogP contribution in [0.2, 0.25) is 0 Å². The Kier molecular flexibility index (Phi) is 15.1. The standard InChI is InChI=1S/C42H57N3O9/c1-7-33(31-27-38(50-4)40(52-6)39(28-31)51-5)42(47)45-18-9-8-13-35(45)41(46)43-34(16-14-29-15-17-36(48-2)37(25-29)49-3)30-11-10-12-32(26-30)54-24-21-44-19-22-53-23-20-44/h10-12,15,17,25-28,33-35H,7-9,13-14,16,18-24H2,1-6H3,(H,43,46)/t33-,34+,35-/m0/s1. The summed E-state index contributed by atoms with van der Waals surface area (Å²) in [6.07, 6.45) is 4.08. The van der Waals surface area contributed by atoms with Crippen molar-refractivity contribution in [1.82, 2.24) is 15.1 Å². The normalized spacial score (nSPS) is 17.2. The van der Waals surface area contributed by atoms with Crippen LogP contribution in [-0.4, -0.2) is 109 Å². The van der Waals surface area contributed by atoms with Gasteiger partial charge in [-0.3, -0.25) is 14.5 Å². The average molecular weight is 748 g/mol. The fourth-order valence-corrected chi connectivity index (χ4v) is 7.40. The first-order valence-electron chi connectivity index (χ1n) is 19.0. The van der Waals surface area contributed by atoms with Crippen molar-refractivity contribution in [2.45, 2.75) is 63.5 Å².